The van der Waals surface area contributed by atoms with Crippen molar-refractivity contribution in [2.45, 2.75) is 13.8 Å². The molecule has 0 aliphatic carbocycles. The van der Waals surface area contributed by atoms with Crippen LogP contribution < -0.4 is 15.9 Å². The first-order valence-electron chi connectivity index (χ1n) is 18.6. The Hall–Kier alpha value is -8.36. The molecule has 2 heterocycles. The lowest BCUT2D eigenvalue weighted by Gasteiger charge is -2.24. The van der Waals surface area contributed by atoms with Crippen molar-refractivity contribution in [3.8, 4) is 22.9 Å². The number of nitrogens with zero attached hydrogens (tertiary/aromatic N) is 2. The second-order valence-corrected chi connectivity index (χ2v) is 13.6. The first kappa shape index (κ1) is 47.7. The van der Waals surface area contributed by atoms with Crippen LogP contribution in [0.25, 0.3) is 27.4 Å². The molecule has 6 aromatic rings. The smallest absolute Gasteiger partial charge is 0.343 e. The summed E-state index contributed by atoms with van der Waals surface area (Å²) in [6.07, 6.45) is 2.12. The van der Waals surface area contributed by atoms with Crippen molar-refractivity contribution in [3.05, 3.63) is 146 Å². The Morgan fingerprint density at radius 3 is 1.98 bits per heavy atom. The van der Waals surface area contributed by atoms with Crippen LogP contribution in [0.15, 0.2) is 83.4 Å². The summed E-state index contributed by atoms with van der Waals surface area (Å²) >= 11 is 0. The number of hydrogen-bond acceptors (Lipinski definition) is 12. The van der Waals surface area contributed by atoms with E-state index in [-0.39, 0.29) is 64.2 Å². The minimum Gasteiger partial charge on any atom is -0.506 e. The topological polar surface area (TPSA) is 225 Å². The molecule has 0 fully saturated rings. The highest BCUT2D eigenvalue weighted by atomic mass is 19.2. The number of halogens is 6. The third kappa shape index (κ3) is 9.83. The number of hydrogen-bond donors (Lipinski definition) is 4. The van der Waals surface area contributed by atoms with E-state index in [1.165, 1.54) is 66.9 Å². The first-order valence-corrected chi connectivity index (χ1v) is 18.6. The fourth-order valence-corrected chi connectivity index (χ4v) is 6.07. The van der Waals surface area contributed by atoms with Gasteiger partial charge in [-0.05, 0) is 79.2 Å². The number of rotatable bonds is 9. The van der Waals surface area contributed by atoms with Gasteiger partial charge in [0.05, 0.1) is 46.7 Å². The zero-order valence-corrected chi connectivity index (χ0v) is 34.1. The Balaban J connectivity index is 0.000000192. The van der Waals surface area contributed by atoms with Gasteiger partial charge in [0.1, 0.15) is 22.4 Å². The molecule has 0 bridgehead atoms. The van der Waals surface area contributed by atoms with Gasteiger partial charge in [0.15, 0.2) is 40.6 Å². The normalized spacial score (nSPS) is 11.3. The van der Waals surface area contributed by atoms with Gasteiger partial charge in [-0.3, -0.25) is 9.59 Å². The largest absolute Gasteiger partial charge is 0.506 e. The van der Waals surface area contributed by atoms with Crippen LogP contribution in [-0.4, -0.2) is 81.8 Å². The molecule has 0 saturated carbocycles. The quantitative estimate of drug-likeness (QED) is 0.0105. The highest BCUT2D eigenvalue weighted by Gasteiger charge is 2.31. The van der Waals surface area contributed by atoms with Crippen LogP contribution in [0.4, 0.5) is 32.0 Å². The van der Waals surface area contributed by atoms with E-state index in [2.05, 4.69) is 4.74 Å². The second-order valence-electron chi connectivity index (χ2n) is 13.6. The molecule has 1 aliphatic rings. The van der Waals surface area contributed by atoms with Gasteiger partial charge in [-0.2, -0.15) is 4.39 Å². The first-order chi connectivity index (χ1) is 30.6. The second kappa shape index (κ2) is 19.4. The predicted octanol–water partition coefficient (Wildman–Crippen LogP) is 7.51. The van der Waals surface area contributed by atoms with Crippen LogP contribution in [0.3, 0.4) is 0 Å². The fourth-order valence-electron chi connectivity index (χ4n) is 6.07. The molecule has 65 heavy (non-hydrogen) atoms. The van der Waals surface area contributed by atoms with Crippen molar-refractivity contribution in [3.63, 3.8) is 0 Å². The van der Waals surface area contributed by atoms with Crippen LogP contribution in [0.1, 0.15) is 55.3 Å². The van der Waals surface area contributed by atoms with Crippen molar-refractivity contribution in [2.24, 2.45) is 0 Å². The van der Waals surface area contributed by atoms with Crippen molar-refractivity contribution < 1.29 is 79.8 Å². The monoisotopic (exact) mass is 909 g/mol. The van der Waals surface area contributed by atoms with Crippen molar-refractivity contribution in [2.75, 3.05) is 33.0 Å². The number of aromatic hydroxyl groups is 1. The molecule has 0 radical (unpaired) electrons. The number of aromatic carboxylic acids is 2. The Morgan fingerprint density at radius 1 is 0.754 bits per heavy atom. The molecule has 1 aromatic heterocycles. The minimum absolute atomic E-state index is 0.00218. The van der Waals surface area contributed by atoms with E-state index in [1.54, 1.807) is 19.1 Å². The molecule has 5 aromatic carbocycles. The number of pyridine rings is 1. The average Bonchev–Trinajstić information content (AvgIpc) is 3.26. The Morgan fingerprint density at radius 2 is 1.37 bits per heavy atom. The number of ketones is 1. The number of Topliss-reactive ketones (excluding diaryl/α,β-unsaturated/α-hetero) is 1. The molecule has 0 spiro atoms. The zero-order chi connectivity index (χ0) is 48.2. The molecule has 21 heteroatoms. The number of nitrogen functional groups attached to an aromatic ring is 1. The molecular weight excluding hydrogens is 876 g/mol. The summed E-state index contributed by atoms with van der Waals surface area (Å²) in [6, 6.07) is 12.3. The third-order valence-electron chi connectivity index (χ3n) is 9.02. The number of carboxylic acid groups (broad SMARTS) is 2. The maximum Gasteiger partial charge on any atom is 0.343 e. The van der Waals surface area contributed by atoms with Crippen LogP contribution in [0.5, 0.6) is 17.2 Å². The minimum atomic E-state index is -2.13. The van der Waals surface area contributed by atoms with Gasteiger partial charge in [0.2, 0.25) is 17.0 Å². The molecule has 0 unspecified atom stereocenters. The molecule has 1 aliphatic heterocycles. The van der Waals surface area contributed by atoms with Crippen LogP contribution in [0.2, 0.25) is 0 Å². The van der Waals surface area contributed by atoms with Gasteiger partial charge in [0, 0.05) is 26.5 Å². The van der Waals surface area contributed by atoms with Gasteiger partial charge in [-0.25, -0.2) is 41.1 Å². The highest BCUT2D eigenvalue weighted by Crippen LogP contribution is 2.42. The van der Waals surface area contributed by atoms with E-state index in [0.717, 1.165) is 17.8 Å². The van der Waals surface area contributed by atoms with Crippen molar-refractivity contribution in [1.82, 2.24) is 9.47 Å². The van der Waals surface area contributed by atoms with E-state index in [0.29, 0.717) is 11.5 Å². The summed E-state index contributed by atoms with van der Waals surface area (Å²) in [5.41, 5.74) is 2.89. The SMILES string of the molecule is CCOC(=O)/C(=C\N(C)C)C(=O)c1cc(F)c(F)c(F)c1F.CCOC(=O)c1cn2c3c(c(F)c(F)cc3c1=O)Oc1ccc(C(=O)O)cc1-2.Nc1cc2cc(C(=O)O)ccc2cc1O. The maximum atomic E-state index is 14.4. The maximum absolute atomic E-state index is 14.4. The number of nitrogens with two attached hydrogens (primary N) is 1. The van der Waals surface area contributed by atoms with Crippen LogP contribution in [0, 0.1) is 34.9 Å². The summed E-state index contributed by atoms with van der Waals surface area (Å²) in [4.78, 5) is 72.0. The number of phenolic OH excluding ortho intramolecular Hbond substituents is 1. The number of benzene rings is 5. The highest BCUT2D eigenvalue weighted by molar-refractivity contribution is 6.24. The lowest BCUT2D eigenvalue weighted by molar-refractivity contribution is -0.138. The summed E-state index contributed by atoms with van der Waals surface area (Å²) in [6.45, 7) is 2.97. The lowest BCUT2D eigenvalue weighted by Crippen LogP contribution is -2.22. The number of carbonyl (C=O) groups excluding carboxylic acids is 3. The number of carbonyl (C=O) groups is 5. The zero-order valence-electron chi connectivity index (χ0n) is 34.1. The lowest BCUT2D eigenvalue weighted by atomic mass is 10.0. The van der Waals surface area contributed by atoms with E-state index in [1.807, 2.05) is 0 Å². The summed E-state index contributed by atoms with van der Waals surface area (Å²) in [5, 5.41) is 28.5. The van der Waals surface area contributed by atoms with E-state index in [9.17, 15) is 65.3 Å². The third-order valence-corrected chi connectivity index (χ3v) is 9.02. The Labute approximate surface area is 361 Å². The number of ether oxygens (including phenoxy) is 3. The van der Waals surface area contributed by atoms with Gasteiger partial charge in [-0.1, -0.05) is 6.07 Å². The van der Waals surface area contributed by atoms with E-state index < -0.39 is 92.4 Å². The van der Waals surface area contributed by atoms with E-state index >= 15 is 0 Å². The van der Waals surface area contributed by atoms with Crippen molar-refractivity contribution in [1.29, 1.82) is 0 Å². The standard InChI is InChI=1S/C19H11F2NO6.C14H13F4NO3.C11H9NO3/c1-2-27-19(26)10-7-22-12-5-8(18(24)25)3-4-13(12)28-17-14(21)11(20)6-9(15(17)22)16(10)23;1-4-22-14(21)8(6-19(2)3)13(20)7-5-9(15)11(17)12(18)10(7)16;12-9-4-8-3-7(11(14)15)2-1-6(8)5-10(9)13/h3-7H,2H2,1H3,(H,24,25);5-6H,4H2,1-3H3;1-5,13H,12H2,(H,14,15)/b;8-6-;. The van der Waals surface area contributed by atoms with Crippen LogP contribution >= 0.6 is 0 Å². The molecule has 5 N–H and O–H groups in total. The molecule has 0 amide bonds. The van der Waals surface area contributed by atoms with Crippen molar-refractivity contribution >= 4 is 57.0 Å². The number of esters is 2. The molecule has 338 valence electrons. The predicted molar refractivity (Wildman–Crippen MR) is 218 cm³/mol. The van der Waals surface area contributed by atoms with Gasteiger partial charge >= 0.3 is 23.9 Å². The summed E-state index contributed by atoms with van der Waals surface area (Å²) in [7, 11) is 2.93. The number of anilines is 1. The van der Waals surface area contributed by atoms with Gasteiger partial charge in [-0.15, -0.1) is 0 Å². The van der Waals surface area contributed by atoms with Gasteiger partial charge < -0.3 is 44.7 Å². The Kier molecular flexibility index (Phi) is 14.2. The summed E-state index contributed by atoms with van der Waals surface area (Å²) < 4.78 is 97.5. The molecule has 0 atom stereocenters. The molecule has 15 nitrogen and oxygen atoms in total. The Bertz CT molecular complexity index is 3060. The number of aromatic nitrogens is 1. The number of fused-ring (bicyclic) bond motifs is 3. The summed E-state index contributed by atoms with van der Waals surface area (Å²) in [5.74, 6) is -16.5. The molecular formula is C44H33F6N3O12. The van der Waals surface area contributed by atoms with Crippen LogP contribution in [-0.2, 0) is 14.3 Å². The average molecular weight is 910 g/mol. The van der Waals surface area contributed by atoms with E-state index in [4.69, 9.17) is 20.3 Å². The molecule has 7 rings (SSSR count). The number of carboxylic acids is 2. The number of phenols is 1. The molecule has 0 saturated heterocycles. The fraction of sp³-hybridized carbons (Fsp3) is 0.136. The van der Waals surface area contributed by atoms with Gasteiger partial charge in [0.25, 0.3) is 0 Å².